The molecule has 1 aliphatic heterocycles. The highest BCUT2D eigenvalue weighted by Crippen LogP contribution is 2.26. The van der Waals surface area contributed by atoms with Crippen molar-refractivity contribution in [2.75, 3.05) is 20.8 Å². The summed E-state index contributed by atoms with van der Waals surface area (Å²) in [4.78, 5) is 13.8. The van der Waals surface area contributed by atoms with Gasteiger partial charge >= 0.3 is 0 Å². The lowest BCUT2D eigenvalue weighted by atomic mass is 10.1. The van der Waals surface area contributed by atoms with E-state index in [4.69, 9.17) is 9.47 Å². The molecule has 0 N–H and O–H groups in total. The minimum atomic E-state index is -0.378. The Morgan fingerprint density at radius 2 is 2.12 bits per heavy atom. The van der Waals surface area contributed by atoms with Crippen molar-refractivity contribution in [1.29, 1.82) is 0 Å². The van der Waals surface area contributed by atoms with E-state index in [2.05, 4.69) is 15.9 Å². The molecular formula is C12H14BrNO3. The topological polar surface area (TPSA) is 38.8 Å². The zero-order chi connectivity index (χ0) is 12.4. The maximum absolute atomic E-state index is 12.1. The van der Waals surface area contributed by atoms with Crippen LogP contribution in [0.5, 0.6) is 0 Å². The molecule has 0 fully saturated rings. The van der Waals surface area contributed by atoms with E-state index in [0.717, 1.165) is 15.6 Å². The SMILES string of the molecule is COC(CN1Cc2ccc(Br)cc2C1=O)OC. The highest BCUT2D eigenvalue weighted by atomic mass is 79.9. The van der Waals surface area contributed by atoms with Gasteiger partial charge in [-0.3, -0.25) is 4.79 Å². The van der Waals surface area contributed by atoms with Crippen LogP contribution in [-0.4, -0.2) is 37.9 Å². The molecule has 0 spiro atoms. The molecule has 1 heterocycles. The average Bonchev–Trinajstić information content (AvgIpc) is 2.63. The number of carbonyl (C=O) groups is 1. The van der Waals surface area contributed by atoms with Gasteiger partial charge in [-0.05, 0) is 17.7 Å². The summed E-state index contributed by atoms with van der Waals surface area (Å²) < 4.78 is 11.1. The van der Waals surface area contributed by atoms with Crippen molar-refractivity contribution < 1.29 is 14.3 Å². The predicted molar refractivity (Wildman–Crippen MR) is 66.7 cm³/mol. The molecule has 0 aliphatic carbocycles. The van der Waals surface area contributed by atoms with Gasteiger partial charge in [0.15, 0.2) is 6.29 Å². The molecule has 0 bridgehead atoms. The van der Waals surface area contributed by atoms with Crippen molar-refractivity contribution in [3.8, 4) is 0 Å². The van der Waals surface area contributed by atoms with Crippen LogP contribution in [0.2, 0.25) is 0 Å². The number of hydrogen-bond donors (Lipinski definition) is 0. The molecule has 0 saturated heterocycles. The van der Waals surface area contributed by atoms with E-state index in [1.807, 2.05) is 18.2 Å². The molecule has 4 nitrogen and oxygen atoms in total. The van der Waals surface area contributed by atoms with Crippen molar-refractivity contribution in [3.05, 3.63) is 33.8 Å². The highest BCUT2D eigenvalue weighted by molar-refractivity contribution is 9.10. The molecule has 0 unspecified atom stereocenters. The summed E-state index contributed by atoms with van der Waals surface area (Å²) in [6, 6.07) is 5.76. The highest BCUT2D eigenvalue weighted by Gasteiger charge is 2.29. The zero-order valence-electron chi connectivity index (χ0n) is 9.77. The Hall–Kier alpha value is -0.910. The summed E-state index contributed by atoms with van der Waals surface area (Å²) in [6.45, 7) is 1.06. The number of methoxy groups -OCH3 is 2. The fourth-order valence-electron chi connectivity index (χ4n) is 1.91. The third kappa shape index (κ3) is 2.51. The second kappa shape index (κ2) is 5.16. The number of hydrogen-bond acceptors (Lipinski definition) is 3. The first-order chi connectivity index (χ1) is 8.15. The Labute approximate surface area is 109 Å². The van der Waals surface area contributed by atoms with Gasteiger partial charge in [0, 0.05) is 30.8 Å². The lowest BCUT2D eigenvalue weighted by Gasteiger charge is -2.21. The Balaban J connectivity index is 2.14. The minimum Gasteiger partial charge on any atom is -0.354 e. The van der Waals surface area contributed by atoms with Gasteiger partial charge < -0.3 is 14.4 Å². The van der Waals surface area contributed by atoms with Crippen molar-refractivity contribution in [1.82, 2.24) is 4.90 Å². The monoisotopic (exact) mass is 299 g/mol. The molecule has 1 aliphatic rings. The molecule has 1 aromatic rings. The van der Waals surface area contributed by atoms with Crippen molar-refractivity contribution in [2.24, 2.45) is 0 Å². The van der Waals surface area contributed by atoms with Crippen LogP contribution in [0.1, 0.15) is 15.9 Å². The van der Waals surface area contributed by atoms with Crippen LogP contribution in [0.3, 0.4) is 0 Å². The van der Waals surface area contributed by atoms with Crippen LogP contribution in [-0.2, 0) is 16.0 Å². The molecule has 1 amide bonds. The molecule has 1 aromatic carbocycles. The zero-order valence-corrected chi connectivity index (χ0v) is 11.4. The van der Waals surface area contributed by atoms with E-state index < -0.39 is 0 Å². The van der Waals surface area contributed by atoms with E-state index in [0.29, 0.717) is 13.1 Å². The predicted octanol–water partition coefficient (Wildman–Crippen LogP) is 2.02. The van der Waals surface area contributed by atoms with Gasteiger partial charge in [0.1, 0.15) is 0 Å². The number of ether oxygens (including phenoxy) is 2. The van der Waals surface area contributed by atoms with Gasteiger partial charge in [0.25, 0.3) is 5.91 Å². The van der Waals surface area contributed by atoms with Crippen molar-refractivity contribution in [3.63, 3.8) is 0 Å². The summed E-state index contributed by atoms with van der Waals surface area (Å²) in [5.74, 6) is 0.0281. The standard InChI is InChI=1S/C12H14BrNO3/c1-16-11(17-2)7-14-6-8-3-4-9(13)5-10(8)12(14)15/h3-5,11H,6-7H2,1-2H3. The van der Waals surface area contributed by atoms with Gasteiger partial charge in [-0.25, -0.2) is 0 Å². The van der Waals surface area contributed by atoms with E-state index in [1.165, 1.54) is 0 Å². The van der Waals surface area contributed by atoms with E-state index in [9.17, 15) is 4.79 Å². The third-order valence-corrected chi connectivity index (χ3v) is 3.34. The normalized spacial score (nSPS) is 14.6. The van der Waals surface area contributed by atoms with Gasteiger partial charge in [-0.15, -0.1) is 0 Å². The Kier molecular flexibility index (Phi) is 3.81. The van der Waals surface area contributed by atoms with Crippen LogP contribution in [0, 0.1) is 0 Å². The first kappa shape index (κ1) is 12.5. The Bertz CT molecular complexity index is 432. The summed E-state index contributed by atoms with van der Waals surface area (Å²) in [7, 11) is 3.14. The second-order valence-electron chi connectivity index (χ2n) is 3.89. The lowest BCUT2D eigenvalue weighted by molar-refractivity contribution is -0.112. The van der Waals surface area contributed by atoms with Crippen LogP contribution in [0.25, 0.3) is 0 Å². The van der Waals surface area contributed by atoms with Gasteiger partial charge in [-0.1, -0.05) is 22.0 Å². The first-order valence-electron chi connectivity index (χ1n) is 5.29. The van der Waals surface area contributed by atoms with E-state index >= 15 is 0 Å². The minimum absolute atomic E-state index is 0.0281. The summed E-state index contributed by atoms with van der Waals surface area (Å²) in [5.41, 5.74) is 1.80. The summed E-state index contributed by atoms with van der Waals surface area (Å²) in [6.07, 6.45) is -0.378. The molecule has 5 heteroatoms. The summed E-state index contributed by atoms with van der Waals surface area (Å²) in [5, 5.41) is 0. The molecule has 0 saturated carbocycles. The maximum atomic E-state index is 12.1. The van der Waals surface area contributed by atoms with Crippen molar-refractivity contribution in [2.45, 2.75) is 12.8 Å². The lowest BCUT2D eigenvalue weighted by Crippen LogP contribution is -2.34. The largest absolute Gasteiger partial charge is 0.354 e. The molecule has 17 heavy (non-hydrogen) atoms. The number of nitrogens with zero attached hydrogens (tertiary/aromatic N) is 1. The summed E-state index contributed by atoms with van der Waals surface area (Å²) >= 11 is 3.37. The smallest absolute Gasteiger partial charge is 0.254 e. The fraction of sp³-hybridized carbons (Fsp3) is 0.417. The van der Waals surface area contributed by atoms with Gasteiger partial charge in [0.05, 0.1) is 6.54 Å². The molecule has 0 aromatic heterocycles. The van der Waals surface area contributed by atoms with Crippen molar-refractivity contribution >= 4 is 21.8 Å². The van der Waals surface area contributed by atoms with Crippen LogP contribution in [0.15, 0.2) is 22.7 Å². The average molecular weight is 300 g/mol. The number of halogens is 1. The van der Waals surface area contributed by atoms with Crippen LogP contribution < -0.4 is 0 Å². The molecule has 0 atom stereocenters. The third-order valence-electron chi connectivity index (χ3n) is 2.85. The molecule has 0 radical (unpaired) electrons. The fourth-order valence-corrected chi connectivity index (χ4v) is 2.27. The number of benzene rings is 1. The van der Waals surface area contributed by atoms with E-state index in [1.54, 1.807) is 19.1 Å². The Morgan fingerprint density at radius 3 is 2.76 bits per heavy atom. The molecule has 92 valence electrons. The van der Waals surface area contributed by atoms with E-state index in [-0.39, 0.29) is 12.2 Å². The number of rotatable bonds is 4. The molecule has 2 rings (SSSR count). The van der Waals surface area contributed by atoms with Gasteiger partial charge in [-0.2, -0.15) is 0 Å². The molecular weight excluding hydrogens is 286 g/mol. The van der Waals surface area contributed by atoms with Gasteiger partial charge in [0.2, 0.25) is 0 Å². The second-order valence-corrected chi connectivity index (χ2v) is 4.80. The number of carbonyl (C=O) groups excluding carboxylic acids is 1. The quantitative estimate of drug-likeness (QED) is 0.799. The van der Waals surface area contributed by atoms with Crippen LogP contribution in [0.4, 0.5) is 0 Å². The van der Waals surface area contributed by atoms with Crippen LogP contribution >= 0.6 is 15.9 Å². The maximum Gasteiger partial charge on any atom is 0.254 e. The Morgan fingerprint density at radius 1 is 1.41 bits per heavy atom. The number of amides is 1. The number of fused-ring (bicyclic) bond motifs is 1. The first-order valence-corrected chi connectivity index (χ1v) is 6.08.